The second-order valence-electron chi connectivity index (χ2n) is 4.50. The van der Waals surface area contributed by atoms with E-state index in [4.69, 9.17) is 10.5 Å². The molecule has 6 nitrogen and oxygen atoms in total. The molecule has 0 radical (unpaired) electrons. The fourth-order valence-electron chi connectivity index (χ4n) is 2.15. The first-order chi connectivity index (χ1) is 9.04. The fourth-order valence-corrected chi connectivity index (χ4v) is 2.15. The van der Waals surface area contributed by atoms with E-state index in [0.29, 0.717) is 24.4 Å². The van der Waals surface area contributed by atoms with Gasteiger partial charge in [0.15, 0.2) is 0 Å². The Morgan fingerprint density at radius 2 is 2.26 bits per heavy atom. The molecule has 1 aromatic carbocycles. The first-order valence-electron chi connectivity index (χ1n) is 6.03. The molecule has 0 aliphatic carbocycles. The van der Waals surface area contributed by atoms with Gasteiger partial charge in [-0.25, -0.2) is 0 Å². The van der Waals surface area contributed by atoms with Crippen molar-refractivity contribution >= 4 is 17.5 Å². The predicted octanol–water partition coefficient (Wildman–Crippen LogP) is 0.238. The summed E-state index contributed by atoms with van der Waals surface area (Å²) in [6.07, 6.45) is 0.607. The summed E-state index contributed by atoms with van der Waals surface area (Å²) in [6.45, 7) is 0.644. The molecule has 102 valence electrons. The number of nitrogens with one attached hydrogen (secondary N) is 1. The summed E-state index contributed by atoms with van der Waals surface area (Å²) in [6, 6.07) is 4.51. The minimum atomic E-state index is -0.484. The zero-order valence-corrected chi connectivity index (χ0v) is 11.0. The smallest absolute Gasteiger partial charge is 0.257 e. The Labute approximate surface area is 111 Å². The van der Waals surface area contributed by atoms with E-state index in [1.165, 1.54) is 7.11 Å². The number of hydrogen-bond donors (Lipinski definition) is 2. The number of nitrogen functional groups attached to an aromatic ring is 1. The molecule has 3 N–H and O–H groups in total. The molecular weight excluding hydrogens is 246 g/mol. The number of nitrogens with two attached hydrogens (primary N) is 1. The van der Waals surface area contributed by atoms with Crippen molar-refractivity contribution in [2.75, 3.05) is 26.4 Å². The Bertz CT molecular complexity index is 516. The van der Waals surface area contributed by atoms with Crippen LogP contribution in [0.5, 0.6) is 5.75 Å². The maximum atomic E-state index is 12.2. The average Bonchev–Trinajstić information content (AvgIpc) is 2.70. The highest BCUT2D eigenvalue weighted by Gasteiger charge is 2.31. The van der Waals surface area contributed by atoms with Crippen LogP contribution in [0.3, 0.4) is 0 Å². The normalized spacial score (nSPS) is 18.5. The van der Waals surface area contributed by atoms with E-state index in [0.717, 1.165) is 0 Å². The quantitative estimate of drug-likeness (QED) is 0.765. The van der Waals surface area contributed by atoms with Crippen LogP contribution in [0.1, 0.15) is 16.8 Å². The third-order valence-electron chi connectivity index (χ3n) is 3.24. The molecule has 2 rings (SSSR count). The van der Waals surface area contributed by atoms with Gasteiger partial charge >= 0.3 is 0 Å². The molecule has 1 aromatic rings. The summed E-state index contributed by atoms with van der Waals surface area (Å²) in [5, 5.41) is 2.70. The van der Waals surface area contributed by atoms with E-state index >= 15 is 0 Å². The van der Waals surface area contributed by atoms with Crippen molar-refractivity contribution < 1.29 is 14.3 Å². The SMILES string of the molecule is COc1cccc(N)c1C(=O)NC1CCN(C)C1=O. The number of carbonyl (C=O) groups excluding carboxylic acids is 2. The van der Waals surface area contributed by atoms with Gasteiger partial charge in [0.25, 0.3) is 5.91 Å². The Kier molecular flexibility index (Phi) is 3.59. The molecule has 1 aliphatic rings. The van der Waals surface area contributed by atoms with Crippen LogP contribution in [0.2, 0.25) is 0 Å². The molecule has 6 heteroatoms. The molecule has 0 aromatic heterocycles. The van der Waals surface area contributed by atoms with E-state index < -0.39 is 6.04 Å². The highest BCUT2D eigenvalue weighted by atomic mass is 16.5. The predicted molar refractivity (Wildman–Crippen MR) is 70.9 cm³/mol. The largest absolute Gasteiger partial charge is 0.496 e. The number of rotatable bonds is 3. The Morgan fingerprint density at radius 3 is 2.84 bits per heavy atom. The Hall–Kier alpha value is -2.24. The Balaban J connectivity index is 2.19. The Morgan fingerprint density at radius 1 is 1.53 bits per heavy atom. The van der Waals surface area contributed by atoms with Crippen molar-refractivity contribution in [3.05, 3.63) is 23.8 Å². The topological polar surface area (TPSA) is 84.7 Å². The monoisotopic (exact) mass is 263 g/mol. The minimum Gasteiger partial charge on any atom is -0.496 e. The zero-order chi connectivity index (χ0) is 14.0. The van der Waals surface area contributed by atoms with Gasteiger partial charge < -0.3 is 20.7 Å². The van der Waals surface area contributed by atoms with Gasteiger partial charge in [0.2, 0.25) is 5.91 Å². The van der Waals surface area contributed by atoms with E-state index in [1.807, 2.05) is 0 Å². The van der Waals surface area contributed by atoms with Crippen molar-refractivity contribution in [1.29, 1.82) is 0 Å². The zero-order valence-electron chi connectivity index (χ0n) is 11.0. The van der Waals surface area contributed by atoms with Gasteiger partial charge in [0.05, 0.1) is 7.11 Å². The number of anilines is 1. The molecule has 1 unspecified atom stereocenters. The summed E-state index contributed by atoms with van der Waals surface area (Å²) in [5.41, 5.74) is 6.40. The lowest BCUT2D eigenvalue weighted by atomic mass is 10.1. The molecule has 0 bridgehead atoms. The molecule has 1 heterocycles. The van der Waals surface area contributed by atoms with E-state index in [-0.39, 0.29) is 17.4 Å². The maximum Gasteiger partial charge on any atom is 0.257 e. The molecule has 1 saturated heterocycles. The summed E-state index contributed by atoms with van der Waals surface area (Å²) in [7, 11) is 3.19. The third-order valence-corrected chi connectivity index (χ3v) is 3.24. The molecule has 1 fully saturated rings. The first kappa shape index (κ1) is 13.2. The van der Waals surface area contributed by atoms with Gasteiger partial charge in [-0.1, -0.05) is 6.07 Å². The van der Waals surface area contributed by atoms with Crippen molar-refractivity contribution in [3.63, 3.8) is 0 Å². The van der Waals surface area contributed by atoms with Crippen molar-refractivity contribution in [1.82, 2.24) is 10.2 Å². The molecule has 0 saturated carbocycles. The second-order valence-corrected chi connectivity index (χ2v) is 4.50. The van der Waals surface area contributed by atoms with Crippen LogP contribution in [-0.2, 0) is 4.79 Å². The highest BCUT2D eigenvalue weighted by molar-refractivity contribution is 6.04. The van der Waals surface area contributed by atoms with Crippen LogP contribution in [0.25, 0.3) is 0 Å². The number of methoxy groups -OCH3 is 1. The number of carbonyl (C=O) groups is 2. The molecule has 0 spiro atoms. The standard InChI is InChI=1S/C13H17N3O3/c1-16-7-6-9(13(16)18)15-12(17)11-8(14)4-3-5-10(11)19-2/h3-5,9H,6-7,14H2,1-2H3,(H,15,17). The van der Waals surface area contributed by atoms with Crippen LogP contribution in [0.15, 0.2) is 18.2 Å². The number of nitrogens with zero attached hydrogens (tertiary/aromatic N) is 1. The van der Waals surface area contributed by atoms with Crippen LogP contribution in [0, 0.1) is 0 Å². The number of benzene rings is 1. The second kappa shape index (κ2) is 5.17. The lowest BCUT2D eigenvalue weighted by Gasteiger charge is -2.15. The summed E-state index contributed by atoms with van der Waals surface area (Å²) < 4.78 is 5.12. The van der Waals surface area contributed by atoms with Crippen LogP contribution >= 0.6 is 0 Å². The molecular formula is C13H17N3O3. The lowest BCUT2D eigenvalue weighted by molar-refractivity contribution is -0.128. The number of ether oxygens (including phenoxy) is 1. The molecule has 1 aliphatic heterocycles. The van der Waals surface area contributed by atoms with Crippen molar-refractivity contribution in [2.45, 2.75) is 12.5 Å². The summed E-state index contributed by atoms with van der Waals surface area (Å²) in [5.74, 6) is -0.0679. The fraction of sp³-hybridized carbons (Fsp3) is 0.385. The lowest BCUT2D eigenvalue weighted by Crippen LogP contribution is -2.40. The van der Waals surface area contributed by atoms with Crippen molar-refractivity contribution in [3.8, 4) is 5.75 Å². The van der Waals surface area contributed by atoms with Crippen LogP contribution in [-0.4, -0.2) is 43.5 Å². The minimum absolute atomic E-state index is 0.0816. The van der Waals surface area contributed by atoms with Crippen LogP contribution in [0.4, 0.5) is 5.69 Å². The first-order valence-corrected chi connectivity index (χ1v) is 6.03. The number of amides is 2. The molecule has 19 heavy (non-hydrogen) atoms. The summed E-state index contributed by atoms with van der Waals surface area (Å²) >= 11 is 0. The van der Waals surface area contributed by atoms with Gasteiger partial charge in [-0.15, -0.1) is 0 Å². The number of likely N-dealkylation sites (N-methyl/N-ethyl adjacent to an activating group) is 1. The summed E-state index contributed by atoms with van der Waals surface area (Å²) in [4.78, 5) is 25.6. The van der Waals surface area contributed by atoms with E-state index in [1.54, 1.807) is 30.1 Å². The molecule has 2 amide bonds. The number of likely N-dealkylation sites (tertiary alicyclic amines) is 1. The molecule has 1 atom stereocenters. The van der Waals surface area contributed by atoms with Crippen LogP contribution < -0.4 is 15.8 Å². The van der Waals surface area contributed by atoms with E-state index in [9.17, 15) is 9.59 Å². The average molecular weight is 263 g/mol. The van der Waals surface area contributed by atoms with E-state index in [2.05, 4.69) is 5.32 Å². The van der Waals surface area contributed by atoms with Gasteiger partial charge in [-0.2, -0.15) is 0 Å². The van der Waals surface area contributed by atoms with Gasteiger partial charge in [-0.05, 0) is 18.6 Å². The van der Waals surface area contributed by atoms with Crippen molar-refractivity contribution in [2.24, 2.45) is 0 Å². The highest BCUT2D eigenvalue weighted by Crippen LogP contribution is 2.24. The third kappa shape index (κ3) is 2.47. The van der Waals surface area contributed by atoms with Gasteiger partial charge in [0.1, 0.15) is 17.4 Å². The number of hydrogen-bond acceptors (Lipinski definition) is 4. The maximum absolute atomic E-state index is 12.2. The van der Waals surface area contributed by atoms with Gasteiger partial charge in [0, 0.05) is 19.3 Å². The van der Waals surface area contributed by atoms with Gasteiger partial charge in [-0.3, -0.25) is 9.59 Å².